The van der Waals surface area contributed by atoms with Crippen molar-refractivity contribution in [3.05, 3.63) is 206 Å². The number of nitrogens with zero attached hydrogens (tertiary/aromatic N) is 8. The van der Waals surface area contributed by atoms with Gasteiger partial charge in [-0.05, 0) is 154 Å². The first-order valence-electron chi connectivity index (χ1n) is 34.2. The molecular formula is C78H82Cl2N14O10. The van der Waals surface area contributed by atoms with Crippen molar-refractivity contribution in [3.8, 4) is 34.5 Å². The third-order valence-corrected chi connectivity index (χ3v) is 17.4. The number of hydrogen-bond donors (Lipinski definition) is 6. The molecule has 538 valence electrons. The Bertz CT molecular complexity index is 4620. The number of nitrogens with one attached hydrogen (secondary N) is 6. The van der Waals surface area contributed by atoms with Crippen molar-refractivity contribution in [3.63, 3.8) is 0 Å². The zero-order valence-corrected chi connectivity index (χ0v) is 59.4. The van der Waals surface area contributed by atoms with Crippen LogP contribution < -0.4 is 50.8 Å². The number of para-hydroxylation sites is 1. The number of aromatic nitrogens is 6. The van der Waals surface area contributed by atoms with Gasteiger partial charge < -0.3 is 65.1 Å². The summed E-state index contributed by atoms with van der Waals surface area (Å²) in [6.07, 6.45) is 13.4. The van der Waals surface area contributed by atoms with E-state index in [1.54, 1.807) is 43.0 Å². The van der Waals surface area contributed by atoms with Crippen LogP contribution in [0, 0.1) is 6.92 Å². The Morgan fingerprint density at radius 1 is 0.587 bits per heavy atom. The second-order valence-corrected chi connectivity index (χ2v) is 25.2. The smallest absolute Gasteiger partial charge is 0.266 e. The number of amides is 3. The topological polar surface area (TPSA) is 272 Å². The van der Waals surface area contributed by atoms with E-state index in [4.69, 9.17) is 56.4 Å². The maximum Gasteiger partial charge on any atom is 0.266 e. The van der Waals surface area contributed by atoms with Crippen LogP contribution in [0.4, 0.5) is 45.8 Å². The minimum Gasteiger partial charge on any atom is -0.491 e. The second kappa shape index (κ2) is 37.4. The highest BCUT2D eigenvalue weighted by atomic mass is 35.5. The predicted octanol–water partition coefficient (Wildman–Crippen LogP) is 14.8. The summed E-state index contributed by atoms with van der Waals surface area (Å²) in [5.74, 6) is 3.75. The van der Waals surface area contributed by atoms with Crippen LogP contribution >= 0.6 is 23.2 Å². The van der Waals surface area contributed by atoms with Gasteiger partial charge in [0.25, 0.3) is 5.91 Å². The highest BCUT2D eigenvalue weighted by molar-refractivity contribution is 6.43. The molecule has 6 N–H and O–H groups in total. The number of carbonyl (C=O) groups is 3. The van der Waals surface area contributed by atoms with Crippen molar-refractivity contribution in [1.82, 2.24) is 39.7 Å². The Hall–Kier alpha value is -10.8. The minimum atomic E-state index is -0.535. The Morgan fingerprint density at radius 2 is 1.19 bits per heavy atom. The van der Waals surface area contributed by atoms with Gasteiger partial charge in [0.15, 0.2) is 0 Å². The number of fused-ring (bicyclic) bond motifs is 3. The molecule has 3 aliphatic rings. The summed E-state index contributed by atoms with van der Waals surface area (Å²) in [5, 5.41) is 21.0. The van der Waals surface area contributed by atoms with E-state index in [0.29, 0.717) is 87.4 Å². The molecule has 0 saturated carbocycles. The number of benzene rings is 6. The first-order chi connectivity index (χ1) is 50.7. The molecule has 0 aliphatic carbocycles. The van der Waals surface area contributed by atoms with Crippen LogP contribution in [0.15, 0.2) is 189 Å². The van der Waals surface area contributed by atoms with Crippen molar-refractivity contribution < 1.29 is 47.5 Å². The summed E-state index contributed by atoms with van der Waals surface area (Å²) in [4.78, 5) is 67.7. The van der Waals surface area contributed by atoms with Gasteiger partial charge in [-0.25, -0.2) is 19.9 Å². The van der Waals surface area contributed by atoms with E-state index < -0.39 is 5.91 Å². The molecule has 13 rings (SSSR count). The molecule has 3 fully saturated rings. The molecule has 0 bridgehead atoms. The normalized spacial score (nSPS) is 14.3. The molecule has 0 spiro atoms. The first-order valence-corrected chi connectivity index (χ1v) is 34.9. The average Bonchev–Trinajstić information content (AvgIpc) is 0.977. The number of unbranched alkanes of at least 4 members (excludes halogenated alkanes) is 1. The van der Waals surface area contributed by atoms with Gasteiger partial charge in [-0.1, -0.05) is 61.1 Å². The van der Waals surface area contributed by atoms with Crippen LogP contribution in [-0.4, -0.2) is 156 Å². The molecule has 1 atom stereocenters. The standard InChI is InChI=1S/C31H33N5O3.C30H30Cl2N6O4.C17H19N3O3/c1-2-30(37)35-28-21-27-29(20-23(28)8-6-7-15-36-16-18-38-19-17-36)32-22-33-31(27)34-24-11-13-26(14-12-24)39-25-9-4-3-5-10-25;1-19-4-6-22(17-33-19)42-27-7-5-21(14-24(27)32)36-29-23-15-26(37-30(39)20(2)31)28(16-25(23)34-18-35-29)41-11-3-8-38-9-12-40-13-10-38;1-3-17(21)20-15-8-12-13(18-2)4-6-19-14(12)9-16(15)23-11-5-7-22-10-11/h2-5,9-14,20-22H,1,6-8,15-19H2,(H,35,37)(H,32,33,34);4-7,14-18H,2-3,8-13H2,1H3,(H,37,39)(H,34,35,36);3-4,6,8-9,11H,1,5,7,10H2,2H3,(H,18,19)(H,20,21)/t;;11-/m..0/s1. The summed E-state index contributed by atoms with van der Waals surface area (Å²) >= 11 is 12.4. The van der Waals surface area contributed by atoms with Crippen LogP contribution in [0.5, 0.6) is 34.5 Å². The lowest BCUT2D eigenvalue weighted by molar-refractivity contribution is -0.113. The fourth-order valence-corrected chi connectivity index (χ4v) is 11.7. The summed E-state index contributed by atoms with van der Waals surface area (Å²) in [6, 6.07) is 39.5. The van der Waals surface area contributed by atoms with E-state index in [9.17, 15) is 14.4 Å². The van der Waals surface area contributed by atoms with Crippen LogP contribution in [0.3, 0.4) is 0 Å². The molecule has 3 aliphatic heterocycles. The third-order valence-electron chi connectivity index (χ3n) is 16.9. The molecule has 3 saturated heterocycles. The van der Waals surface area contributed by atoms with Crippen LogP contribution in [0.2, 0.25) is 5.02 Å². The maximum atomic E-state index is 12.4. The lowest BCUT2D eigenvalue weighted by atomic mass is 10.0. The van der Waals surface area contributed by atoms with Gasteiger partial charge in [-0.15, -0.1) is 0 Å². The van der Waals surface area contributed by atoms with E-state index in [1.165, 1.54) is 18.5 Å². The number of halogens is 2. The molecular weight excluding hydrogens is 1360 g/mol. The molecule has 10 aromatic rings. The van der Waals surface area contributed by atoms with Gasteiger partial charge >= 0.3 is 0 Å². The fraction of sp³-hybridized carbons (Fsp3) is 0.269. The zero-order chi connectivity index (χ0) is 72.6. The Labute approximate surface area is 613 Å². The number of morpholine rings is 2. The minimum absolute atomic E-state index is 0.0145. The highest BCUT2D eigenvalue weighted by Gasteiger charge is 2.22. The number of anilines is 8. The van der Waals surface area contributed by atoms with Gasteiger partial charge in [0, 0.05) is 109 Å². The van der Waals surface area contributed by atoms with Gasteiger partial charge in [-0.2, -0.15) is 0 Å². The van der Waals surface area contributed by atoms with Gasteiger partial charge in [-0.3, -0.25) is 34.2 Å². The summed E-state index contributed by atoms with van der Waals surface area (Å²) in [6.45, 7) is 23.1. The van der Waals surface area contributed by atoms with E-state index >= 15 is 0 Å². The van der Waals surface area contributed by atoms with E-state index in [0.717, 1.165) is 159 Å². The fourth-order valence-electron chi connectivity index (χ4n) is 11.5. The molecule has 0 radical (unpaired) electrons. The van der Waals surface area contributed by atoms with E-state index in [-0.39, 0.29) is 23.0 Å². The SMILES string of the molecule is C=C(Cl)C(=O)Nc1cc2c(Nc3ccc(Oc4ccc(C)nc4)c(Cl)c3)ncnc2cc1OCCCN1CCOCC1.C=CC(=O)Nc1cc2c(NC)ccnc2cc1O[C@H]1CCOC1.C=CC(=O)Nc1cc2c(Nc3ccc(Oc4ccccc4)cc3)ncnc2cc1CCCCN1CCOCC1. The quantitative estimate of drug-likeness (QED) is 0.0206. The molecule has 4 aromatic heterocycles. The number of rotatable bonds is 27. The maximum absolute atomic E-state index is 12.4. The van der Waals surface area contributed by atoms with Crippen molar-refractivity contribution in [2.45, 2.75) is 45.1 Å². The average molecular weight is 1450 g/mol. The molecule has 0 unspecified atom stereocenters. The first kappa shape index (κ1) is 74.4. The molecule has 104 heavy (non-hydrogen) atoms. The molecule has 3 amide bonds. The molecule has 7 heterocycles. The zero-order valence-electron chi connectivity index (χ0n) is 57.9. The predicted molar refractivity (Wildman–Crippen MR) is 409 cm³/mol. The third kappa shape index (κ3) is 21.2. The van der Waals surface area contributed by atoms with Crippen molar-refractivity contribution >= 4 is 119 Å². The number of pyridine rings is 2. The lowest BCUT2D eigenvalue weighted by Crippen LogP contribution is -2.37. The number of carbonyl (C=O) groups excluding carboxylic acids is 3. The van der Waals surface area contributed by atoms with Crippen LogP contribution in [-0.2, 0) is 35.0 Å². The Kier molecular flexibility index (Phi) is 26.7. The van der Waals surface area contributed by atoms with Crippen molar-refractivity contribution in [2.24, 2.45) is 0 Å². The van der Waals surface area contributed by atoms with Crippen molar-refractivity contribution in [2.75, 3.05) is 124 Å². The van der Waals surface area contributed by atoms with Gasteiger partial charge in [0.05, 0.1) is 90.4 Å². The van der Waals surface area contributed by atoms with E-state index in [1.807, 2.05) is 117 Å². The summed E-state index contributed by atoms with van der Waals surface area (Å²) < 4.78 is 40.1. The number of hydrogen-bond acceptors (Lipinski definition) is 21. The largest absolute Gasteiger partial charge is 0.491 e. The summed E-state index contributed by atoms with van der Waals surface area (Å²) in [7, 11) is 1.84. The van der Waals surface area contributed by atoms with Crippen LogP contribution in [0.1, 0.15) is 36.9 Å². The molecule has 26 heteroatoms. The van der Waals surface area contributed by atoms with Crippen LogP contribution in [0.25, 0.3) is 32.7 Å². The van der Waals surface area contributed by atoms with Gasteiger partial charge in [0.1, 0.15) is 64.9 Å². The monoisotopic (exact) mass is 1440 g/mol. The molecule has 6 aromatic carbocycles. The van der Waals surface area contributed by atoms with E-state index in [2.05, 4.69) is 91.3 Å². The van der Waals surface area contributed by atoms with Gasteiger partial charge in [0.2, 0.25) is 11.8 Å². The number of aryl methyl sites for hydroxylation is 2. The Balaban J connectivity index is 0.000000163. The Morgan fingerprint density at radius 3 is 1.84 bits per heavy atom. The van der Waals surface area contributed by atoms with Crippen molar-refractivity contribution in [1.29, 1.82) is 0 Å². The summed E-state index contributed by atoms with van der Waals surface area (Å²) in [5.41, 5.74) is 8.41. The highest BCUT2D eigenvalue weighted by Crippen LogP contribution is 2.39. The second-order valence-electron chi connectivity index (χ2n) is 24.3. The number of ether oxygens (including phenoxy) is 7. The lowest BCUT2D eigenvalue weighted by Gasteiger charge is -2.26. The molecule has 24 nitrogen and oxygen atoms in total.